The SMILES string of the molecule is CC(C)C[C@H](NC(=O)[C@@H](NC(=O)[C@H](CO)NC(=O)[C@@H](NC(=O)[C@H](Cc1cnc[nH]1)NC(=O)[C@H](CC(N)=O)NC(=O)[C@@H](N)CS)C(C)C)[C@@H](C)O)C(=O)N[C@@H](C)C(=O)N[C@@H](CO)C(=O)N[C@@H](CC(N)=O)C(=O)N[C@@H](Cc1ccc(O)cc1)C(=O)O. The second-order valence-electron chi connectivity index (χ2n) is 20.2. The van der Waals surface area contributed by atoms with Gasteiger partial charge in [0.25, 0.3) is 0 Å². The zero-order valence-corrected chi connectivity index (χ0v) is 47.8. The third-order valence-electron chi connectivity index (χ3n) is 12.2. The fraction of sp³-hybridized carbons (Fsp3) is 0.560. The van der Waals surface area contributed by atoms with Crippen molar-refractivity contribution in [1.29, 1.82) is 0 Å². The van der Waals surface area contributed by atoms with Gasteiger partial charge in [-0.3, -0.25) is 57.5 Å². The summed E-state index contributed by atoms with van der Waals surface area (Å²) in [5.74, 6) is -15.8. The molecule has 22 N–H and O–H groups in total. The fourth-order valence-electron chi connectivity index (χ4n) is 7.63. The molecule has 2 aromatic rings. The molecule has 0 saturated carbocycles. The number of aromatic amines is 1. The standard InChI is InChI=1S/C50H77N15O18S/c1-21(2)11-29(42(74)56-23(5)40(72)62-34(17-66)46(78)59-32(15-37(53)71)44(76)61-33(50(82)83)12-25-7-9-27(69)10-8-25)60-49(81)39(24(6)68)65-47(79)35(18-67)63-48(80)38(22(3)4)64-45(77)30(13-26-16-54-20-55-26)58-43(75)31(14-36(52)70)57-41(73)28(51)19-84/h7-10,16,20-24,28-35,38-39,66-69,84H,11-15,17-19,51H2,1-6H3,(H2,52,70)(H2,53,71)(H,54,55)(H,56,74)(H,57,73)(H,58,75)(H,59,78)(H,60,81)(H,61,76)(H,62,72)(H,63,80)(H,64,77)(H,65,79)(H,82,83)/t23-,24+,28-,29-,30-,31-,32-,33-,34-,35-,38-,39-/m0/s1. The van der Waals surface area contributed by atoms with E-state index >= 15 is 0 Å². The molecule has 12 atom stereocenters. The van der Waals surface area contributed by atoms with Gasteiger partial charge in [-0.05, 0) is 49.8 Å². The molecule has 2 rings (SSSR count). The summed E-state index contributed by atoms with van der Waals surface area (Å²) < 4.78 is 0. The van der Waals surface area contributed by atoms with Crippen LogP contribution in [0.1, 0.15) is 72.1 Å². The highest BCUT2D eigenvalue weighted by Crippen LogP contribution is 2.13. The molecule has 1 heterocycles. The first-order chi connectivity index (χ1) is 39.3. The number of aromatic nitrogens is 2. The minimum absolute atomic E-state index is 0.109. The highest BCUT2D eigenvalue weighted by atomic mass is 32.1. The second kappa shape index (κ2) is 34.8. The molecule has 1 aromatic carbocycles. The number of primary amides is 2. The Labute approximate surface area is 487 Å². The predicted octanol–water partition coefficient (Wildman–Crippen LogP) is -8.07. The van der Waals surface area contributed by atoms with Gasteiger partial charge in [-0.1, -0.05) is 39.8 Å². The van der Waals surface area contributed by atoms with Crippen LogP contribution in [0.3, 0.4) is 0 Å². The van der Waals surface area contributed by atoms with Crippen molar-refractivity contribution in [3.05, 3.63) is 48.0 Å². The first-order valence-corrected chi connectivity index (χ1v) is 26.8. The molecule has 0 aliphatic rings. The Morgan fingerprint density at radius 1 is 0.548 bits per heavy atom. The van der Waals surface area contributed by atoms with E-state index in [9.17, 15) is 87.9 Å². The van der Waals surface area contributed by atoms with Crippen LogP contribution in [-0.2, 0) is 75.2 Å². The number of thiol groups is 1. The number of phenolic OH excluding ortho intramolecular Hbond substituents is 1. The Bertz CT molecular complexity index is 2630. The average molecular weight is 1210 g/mol. The summed E-state index contributed by atoms with van der Waals surface area (Å²) in [5.41, 5.74) is 17.0. The van der Waals surface area contributed by atoms with Gasteiger partial charge in [0.2, 0.25) is 70.9 Å². The highest BCUT2D eigenvalue weighted by molar-refractivity contribution is 7.80. The lowest BCUT2D eigenvalue weighted by atomic mass is 10.0. The monoisotopic (exact) mass is 1210 g/mol. The number of benzene rings is 1. The molecule has 0 saturated heterocycles. The van der Waals surface area contributed by atoms with Gasteiger partial charge in [-0.15, -0.1) is 0 Å². The molecule has 12 amide bonds. The molecule has 0 bridgehead atoms. The van der Waals surface area contributed by atoms with Crippen LogP contribution in [0.2, 0.25) is 0 Å². The zero-order valence-electron chi connectivity index (χ0n) is 46.9. The number of nitrogens with two attached hydrogens (primary N) is 3. The van der Waals surface area contributed by atoms with Crippen LogP contribution in [0.25, 0.3) is 0 Å². The first-order valence-electron chi connectivity index (χ1n) is 26.2. The van der Waals surface area contributed by atoms with Crippen LogP contribution < -0.4 is 70.4 Å². The van der Waals surface area contributed by atoms with E-state index in [-0.39, 0.29) is 36.7 Å². The second-order valence-corrected chi connectivity index (χ2v) is 20.6. The molecule has 0 aliphatic carbocycles. The van der Waals surface area contributed by atoms with Gasteiger partial charge in [0.05, 0.1) is 44.5 Å². The summed E-state index contributed by atoms with van der Waals surface area (Å²) >= 11 is 3.95. The molecule has 0 aliphatic heterocycles. The molecule has 466 valence electrons. The van der Waals surface area contributed by atoms with E-state index in [1.165, 1.54) is 50.6 Å². The molecule has 33 nitrogen and oxygen atoms in total. The summed E-state index contributed by atoms with van der Waals surface area (Å²) in [5, 5.41) is 73.2. The maximum Gasteiger partial charge on any atom is 0.326 e. The van der Waals surface area contributed by atoms with E-state index in [1.807, 2.05) is 0 Å². The first kappa shape index (κ1) is 71.6. The Morgan fingerprint density at radius 3 is 1.44 bits per heavy atom. The van der Waals surface area contributed by atoms with Crippen LogP contribution in [0.4, 0.5) is 0 Å². The van der Waals surface area contributed by atoms with Crippen LogP contribution in [-0.4, -0.2) is 204 Å². The number of carbonyl (C=O) groups is 13. The number of aliphatic carboxylic acids is 1. The number of nitrogens with one attached hydrogen (secondary N) is 11. The summed E-state index contributed by atoms with van der Waals surface area (Å²) in [7, 11) is 0. The van der Waals surface area contributed by atoms with Crippen molar-refractivity contribution in [3.8, 4) is 5.75 Å². The van der Waals surface area contributed by atoms with Crippen molar-refractivity contribution < 1.29 is 87.9 Å². The number of hydrogen-bond acceptors (Lipinski definition) is 20. The van der Waals surface area contributed by atoms with E-state index in [2.05, 4.69) is 75.8 Å². The van der Waals surface area contributed by atoms with Crippen molar-refractivity contribution in [1.82, 2.24) is 63.1 Å². The smallest absolute Gasteiger partial charge is 0.326 e. The number of nitrogens with zero attached hydrogens (tertiary/aromatic N) is 1. The summed E-state index contributed by atoms with van der Waals surface area (Å²) in [6.07, 6.45) is -1.34. The third kappa shape index (κ3) is 24.2. The Morgan fingerprint density at radius 2 is 0.976 bits per heavy atom. The highest BCUT2D eigenvalue weighted by Gasteiger charge is 2.38. The Kier molecular flexibility index (Phi) is 29.7. The van der Waals surface area contributed by atoms with Crippen molar-refractivity contribution in [2.75, 3.05) is 19.0 Å². The molecule has 0 fully saturated rings. The van der Waals surface area contributed by atoms with Gasteiger partial charge in [0.15, 0.2) is 0 Å². The van der Waals surface area contributed by atoms with Gasteiger partial charge in [0, 0.05) is 30.5 Å². The van der Waals surface area contributed by atoms with Gasteiger partial charge >= 0.3 is 5.97 Å². The van der Waals surface area contributed by atoms with E-state index in [1.54, 1.807) is 13.8 Å². The minimum atomic E-state index is -1.88. The number of amides is 12. The summed E-state index contributed by atoms with van der Waals surface area (Å²) in [6.45, 7) is 6.35. The summed E-state index contributed by atoms with van der Waals surface area (Å²) in [4.78, 5) is 177. The van der Waals surface area contributed by atoms with E-state index in [4.69, 9.17) is 17.2 Å². The number of imidazole rings is 1. The Hall–Kier alpha value is -8.47. The molecule has 84 heavy (non-hydrogen) atoms. The van der Waals surface area contributed by atoms with Gasteiger partial charge < -0.3 is 101 Å². The van der Waals surface area contributed by atoms with Gasteiger partial charge in [-0.2, -0.15) is 12.6 Å². The van der Waals surface area contributed by atoms with Crippen LogP contribution >= 0.6 is 12.6 Å². The lowest BCUT2D eigenvalue weighted by molar-refractivity contribution is -0.142. The molecular weight excluding hydrogens is 1130 g/mol. The Balaban J connectivity index is 2.22. The lowest BCUT2D eigenvalue weighted by Gasteiger charge is -2.29. The normalized spacial score (nSPS) is 15.4. The maximum absolute atomic E-state index is 13.9. The van der Waals surface area contributed by atoms with Crippen molar-refractivity contribution >= 4 is 89.5 Å². The van der Waals surface area contributed by atoms with Crippen LogP contribution in [0, 0.1) is 11.8 Å². The quantitative estimate of drug-likeness (QED) is 0.0282. The third-order valence-corrected chi connectivity index (χ3v) is 12.6. The number of rotatable bonds is 36. The molecule has 0 spiro atoms. The van der Waals surface area contributed by atoms with E-state index in [0.717, 1.165) is 13.8 Å². The minimum Gasteiger partial charge on any atom is -0.508 e. The van der Waals surface area contributed by atoms with E-state index < -0.39 is 181 Å². The molecule has 0 unspecified atom stereocenters. The van der Waals surface area contributed by atoms with Gasteiger partial charge in [-0.25, -0.2) is 9.78 Å². The fourth-order valence-corrected chi connectivity index (χ4v) is 7.80. The van der Waals surface area contributed by atoms with Crippen LogP contribution in [0.5, 0.6) is 5.75 Å². The number of aliphatic hydroxyl groups is 3. The number of hydrogen-bond donors (Lipinski definition) is 20. The molecular formula is C50H77N15O18S. The molecule has 0 radical (unpaired) electrons. The molecule has 34 heteroatoms. The number of H-pyrrole nitrogens is 1. The largest absolute Gasteiger partial charge is 0.508 e. The number of carbonyl (C=O) groups excluding carboxylic acids is 12. The lowest BCUT2D eigenvalue weighted by Crippen LogP contribution is -2.63. The topological polar surface area (TPSA) is 550 Å². The number of aliphatic hydroxyl groups excluding tert-OH is 3. The van der Waals surface area contributed by atoms with E-state index in [0.29, 0.717) is 11.3 Å². The summed E-state index contributed by atoms with van der Waals surface area (Å²) in [6, 6.07) is -12.5. The zero-order chi connectivity index (χ0) is 63.7. The number of carboxylic acid groups (broad SMARTS) is 1. The molecule has 1 aromatic heterocycles. The van der Waals surface area contributed by atoms with Crippen molar-refractivity contribution in [2.45, 2.75) is 146 Å². The van der Waals surface area contributed by atoms with Crippen LogP contribution in [0.15, 0.2) is 36.8 Å². The predicted molar refractivity (Wildman–Crippen MR) is 296 cm³/mol. The van der Waals surface area contributed by atoms with Gasteiger partial charge in [0.1, 0.15) is 66.2 Å². The number of phenols is 1. The number of carboxylic acids is 1. The number of aromatic hydroxyl groups is 1. The van der Waals surface area contributed by atoms with Crippen molar-refractivity contribution in [2.24, 2.45) is 29.0 Å². The maximum atomic E-state index is 13.9. The average Bonchev–Trinajstić information content (AvgIpc) is 4.08. The van der Waals surface area contributed by atoms with Crippen molar-refractivity contribution in [3.63, 3.8) is 0 Å².